The average molecular weight is 486 g/mol. The third-order valence-electron chi connectivity index (χ3n) is 5.30. The lowest BCUT2D eigenvalue weighted by Gasteiger charge is -2.34. The van der Waals surface area contributed by atoms with Crippen molar-refractivity contribution in [3.05, 3.63) is 96.6 Å². The molecule has 0 amide bonds. The minimum absolute atomic E-state index is 0.0885. The quantitative estimate of drug-likeness (QED) is 0.322. The van der Waals surface area contributed by atoms with Gasteiger partial charge in [0.05, 0.1) is 6.61 Å². The van der Waals surface area contributed by atoms with Crippen molar-refractivity contribution in [3.8, 4) is 0 Å². The predicted octanol–water partition coefficient (Wildman–Crippen LogP) is 6.31. The Labute approximate surface area is 196 Å². The lowest BCUT2D eigenvalue weighted by molar-refractivity contribution is 0.179. The summed E-state index contributed by atoms with van der Waals surface area (Å²) in [6.07, 6.45) is 0.352. The Morgan fingerprint density at radius 2 is 1.21 bits per heavy atom. The molecule has 0 fully saturated rings. The Hall–Kier alpha value is -2.00. The molecule has 0 aliphatic heterocycles. The van der Waals surface area contributed by atoms with Gasteiger partial charge in [0, 0.05) is 10.6 Å². The van der Waals surface area contributed by atoms with Gasteiger partial charge in [0.15, 0.2) is 5.85 Å². The van der Waals surface area contributed by atoms with Crippen LogP contribution in [-0.4, -0.2) is 17.6 Å². The van der Waals surface area contributed by atoms with Crippen LogP contribution in [0.25, 0.3) is 0 Å². The van der Waals surface area contributed by atoms with Crippen LogP contribution in [0.15, 0.2) is 91.0 Å². The fourth-order valence-electron chi connectivity index (χ4n) is 3.70. The Morgan fingerprint density at radius 1 is 0.758 bits per heavy atom. The van der Waals surface area contributed by atoms with Crippen molar-refractivity contribution in [3.63, 3.8) is 0 Å². The number of rotatable bonds is 11. The van der Waals surface area contributed by atoms with Gasteiger partial charge in [-0.05, 0) is 49.1 Å². The largest absolute Gasteiger partial charge is 0.378 e. The molecule has 0 saturated heterocycles. The summed E-state index contributed by atoms with van der Waals surface area (Å²) in [5, 5.41) is 12.2. The van der Waals surface area contributed by atoms with Crippen molar-refractivity contribution < 1.29 is 23.3 Å². The fourth-order valence-corrected chi connectivity index (χ4v) is 9.05. The molecular weight excluding hydrogens is 454 g/mol. The van der Waals surface area contributed by atoms with E-state index in [4.69, 9.17) is 9.05 Å². The molecule has 3 rings (SSSR count). The van der Waals surface area contributed by atoms with Crippen LogP contribution >= 0.6 is 14.7 Å². The van der Waals surface area contributed by atoms with Crippen molar-refractivity contribution in [2.24, 2.45) is 5.92 Å². The van der Waals surface area contributed by atoms with E-state index in [1.807, 2.05) is 32.0 Å². The molecule has 1 N–H and O–H groups in total. The van der Waals surface area contributed by atoms with Crippen LogP contribution in [0.5, 0.6) is 0 Å². The molecule has 0 spiro atoms. The maximum absolute atomic E-state index is 14.5. The Balaban J connectivity index is 2.14. The summed E-state index contributed by atoms with van der Waals surface area (Å²) in [6.45, 7) is 5.95. The summed E-state index contributed by atoms with van der Waals surface area (Å²) in [6, 6.07) is 26.4. The zero-order chi connectivity index (χ0) is 23.9. The number of hydrogen-bond acceptors (Lipinski definition) is 5. The van der Waals surface area contributed by atoms with Crippen LogP contribution in [0.2, 0.25) is 0 Å². The first kappa shape index (κ1) is 25.6. The number of aliphatic hydroxyl groups is 1. The molecule has 176 valence electrons. The summed E-state index contributed by atoms with van der Waals surface area (Å²) in [5.41, 5.74) is 0.471. The van der Waals surface area contributed by atoms with Gasteiger partial charge in [-0.15, -0.1) is 0 Å². The molecule has 0 aromatic heterocycles. The Morgan fingerprint density at radius 3 is 1.67 bits per heavy atom. The highest BCUT2D eigenvalue weighted by Crippen LogP contribution is 2.65. The van der Waals surface area contributed by atoms with Crippen LogP contribution in [0, 0.1) is 5.92 Å². The maximum atomic E-state index is 14.5. The van der Waals surface area contributed by atoms with Gasteiger partial charge in [0.25, 0.3) is 14.7 Å². The number of benzene rings is 3. The minimum atomic E-state index is -3.93. The van der Waals surface area contributed by atoms with Gasteiger partial charge < -0.3 is 14.2 Å². The van der Waals surface area contributed by atoms with E-state index >= 15 is 0 Å². The minimum Gasteiger partial charge on any atom is -0.378 e. The van der Waals surface area contributed by atoms with E-state index < -0.39 is 26.4 Å². The van der Waals surface area contributed by atoms with Crippen molar-refractivity contribution in [2.75, 3.05) is 6.61 Å². The zero-order valence-electron chi connectivity index (χ0n) is 19.3. The average Bonchev–Trinajstić information content (AvgIpc) is 2.84. The first-order valence-corrected chi connectivity index (χ1v) is 14.6. The summed E-state index contributed by atoms with van der Waals surface area (Å²) in [4.78, 5) is 0. The summed E-state index contributed by atoms with van der Waals surface area (Å²) >= 11 is 0. The van der Waals surface area contributed by atoms with Crippen LogP contribution in [0.1, 0.15) is 38.6 Å². The normalized spacial score (nSPS) is 17.1. The third kappa shape index (κ3) is 5.93. The van der Waals surface area contributed by atoms with E-state index in [9.17, 15) is 14.2 Å². The number of hydrogen-bond donors (Lipinski definition) is 1. The second kappa shape index (κ2) is 11.4. The van der Waals surface area contributed by atoms with Gasteiger partial charge >= 0.3 is 0 Å². The monoisotopic (exact) mass is 486 g/mol. The van der Waals surface area contributed by atoms with Crippen molar-refractivity contribution >= 4 is 25.3 Å². The second-order valence-electron chi connectivity index (χ2n) is 8.26. The third-order valence-corrected chi connectivity index (χ3v) is 10.7. The van der Waals surface area contributed by atoms with E-state index in [1.54, 1.807) is 79.7 Å². The molecular formula is C26H32O5P2. The van der Waals surface area contributed by atoms with E-state index in [0.717, 1.165) is 0 Å². The molecule has 5 nitrogen and oxygen atoms in total. The van der Waals surface area contributed by atoms with Gasteiger partial charge in [0.2, 0.25) is 0 Å². The van der Waals surface area contributed by atoms with Crippen molar-refractivity contribution in [2.45, 2.75) is 38.9 Å². The molecule has 4 atom stereocenters. The van der Waals surface area contributed by atoms with Crippen molar-refractivity contribution in [1.29, 1.82) is 0 Å². The molecule has 7 heteroatoms. The number of aliphatic hydroxyl groups excluding tert-OH is 1. The van der Waals surface area contributed by atoms with E-state index in [1.165, 1.54) is 0 Å². The van der Waals surface area contributed by atoms with E-state index in [-0.39, 0.29) is 12.5 Å². The van der Waals surface area contributed by atoms with Gasteiger partial charge in [-0.3, -0.25) is 9.13 Å². The fraction of sp³-hybridized carbons (Fsp3) is 0.308. The summed E-state index contributed by atoms with van der Waals surface area (Å²) in [5.74, 6) is -2.32. The van der Waals surface area contributed by atoms with Gasteiger partial charge in [-0.2, -0.15) is 0 Å². The second-order valence-corrected chi connectivity index (χ2v) is 13.2. The SMILES string of the molecule is CCOP(=O)(c1ccccc1)[C@H](CC(C)C)OP(=O)(c1ccccc1)[C@H](O)c1ccccc1. The lowest BCUT2D eigenvalue weighted by Crippen LogP contribution is -2.27. The molecule has 0 radical (unpaired) electrons. The zero-order valence-corrected chi connectivity index (χ0v) is 21.1. The van der Waals surface area contributed by atoms with Gasteiger partial charge in [-0.1, -0.05) is 80.6 Å². The van der Waals surface area contributed by atoms with Gasteiger partial charge in [0.1, 0.15) is 5.85 Å². The van der Waals surface area contributed by atoms with Gasteiger partial charge in [-0.25, -0.2) is 0 Å². The highest BCUT2D eigenvalue weighted by atomic mass is 31.2. The van der Waals surface area contributed by atoms with E-state index in [2.05, 4.69) is 0 Å². The Kier molecular flexibility index (Phi) is 8.87. The molecule has 0 heterocycles. The molecule has 0 aliphatic rings. The molecule has 0 aliphatic carbocycles. The highest BCUT2D eigenvalue weighted by molar-refractivity contribution is 7.70. The van der Waals surface area contributed by atoms with Crippen LogP contribution in [0.4, 0.5) is 0 Å². The Bertz CT molecular complexity index is 1090. The summed E-state index contributed by atoms with van der Waals surface area (Å²) < 4.78 is 41.1. The highest BCUT2D eigenvalue weighted by Gasteiger charge is 2.46. The maximum Gasteiger partial charge on any atom is 0.264 e. The molecule has 2 unspecified atom stereocenters. The standard InChI is InChI=1S/C26H32O5P2/c1-4-30-32(28,23-16-10-6-11-17-23)25(20-21(2)3)31-33(29,24-18-12-7-13-19-24)26(27)22-14-8-5-9-15-22/h5-19,21,25-27H,4,20H2,1-3H3/t25-,26+,32?,33?/m1/s1. The van der Waals surface area contributed by atoms with Crippen molar-refractivity contribution in [1.82, 2.24) is 0 Å². The molecule has 0 saturated carbocycles. The molecule has 3 aromatic rings. The van der Waals surface area contributed by atoms with Crippen LogP contribution < -0.4 is 10.6 Å². The van der Waals surface area contributed by atoms with E-state index in [0.29, 0.717) is 22.6 Å². The topological polar surface area (TPSA) is 72.8 Å². The molecule has 3 aromatic carbocycles. The summed E-state index contributed by atoms with van der Waals surface area (Å²) in [7, 11) is -7.52. The first-order valence-electron chi connectivity index (χ1n) is 11.2. The van der Waals surface area contributed by atoms with Crippen LogP contribution in [-0.2, 0) is 18.2 Å². The lowest BCUT2D eigenvalue weighted by atomic mass is 10.1. The molecule has 0 bridgehead atoms. The predicted molar refractivity (Wildman–Crippen MR) is 135 cm³/mol. The molecule has 33 heavy (non-hydrogen) atoms. The van der Waals surface area contributed by atoms with Crippen LogP contribution in [0.3, 0.4) is 0 Å². The first-order chi connectivity index (χ1) is 15.8. The smallest absolute Gasteiger partial charge is 0.264 e.